The highest BCUT2D eigenvalue weighted by molar-refractivity contribution is 5.73. The average molecular weight is 459 g/mol. The number of carboxylic acids is 1. The van der Waals surface area contributed by atoms with Crippen molar-refractivity contribution in [3.8, 4) is 5.75 Å². The van der Waals surface area contributed by atoms with E-state index in [-0.39, 0.29) is 12.2 Å². The first kappa shape index (κ1) is 23.6. The van der Waals surface area contributed by atoms with Crippen LogP contribution in [0.25, 0.3) is 0 Å². The monoisotopic (exact) mass is 458 g/mol. The molecule has 1 heterocycles. The standard InChI is InChI=1S/C26H32F2N2O3/c1-29-14-18-4-2-3-5-21(18)17-8-6-16(7-9-17)10-19-11-25(23(28)13-22(19)27)33-20-12-24(26(31)32)30-15-20/h2-5,11,13,16-17,20,24,29-30H,6-10,12,14-15H2,1H3,(H,31,32)/t16?,17?,20-,24-/m0/s1. The summed E-state index contributed by atoms with van der Waals surface area (Å²) in [4.78, 5) is 11.1. The van der Waals surface area contributed by atoms with Crippen LogP contribution < -0.4 is 15.4 Å². The number of hydrogen-bond donors (Lipinski definition) is 3. The third-order valence-corrected chi connectivity index (χ3v) is 7.00. The summed E-state index contributed by atoms with van der Waals surface area (Å²) in [5.74, 6) is -1.39. The van der Waals surface area contributed by atoms with Gasteiger partial charge in [0.05, 0.1) is 0 Å². The molecule has 0 unspecified atom stereocenters. The molecule has 0 aromatic heterocycles. The van der Waals surface area contributed by atoms with Crippen LogP contribution in [0.15, 0.2) is 36.4 Å². The fraction of sp³-hybridized carbons (Fsp3) is 0.500. The summed E-state index contributed by atoms with van der Waals surface area (Å²) in [7, 11) is 1.95. The third-order valence-electron chi connectivity index (χ3n) is 7.00. The van der Waals surface area contributed by atoms with Crippen LogP contribution in [-0.4, -0.2) is 36.8 Å². The smallest absolute Gasteiger partial charge is 0.320 e. The molecule has 0 spiro atoms. The van der Waals surface area contributed by atoms with E-state index in [2.05, 4.69) is 34.9 Å². The number of rotatable bonds is 8. The predicted molar refractivity (Wildman–Crippen MR) is 122 cm³/mol. The first-order valence-corrected chi connectivity index (χ1v) is 11.8. The summed E-state index contributed by atoms with van der Waals surface area (Å²) >= 11 is 0. The zero-order chi connectivity index (χ0) is 23.4. The lowest BCUT2D eigenvalue weighted by Gasteiger charge is -2.30. The van der Waals surface area contributed by atoms with Gasteiger partial charge in [-0.15, -0.1) is 0 Å². The second-order valence-electron chi connectivity index (χ2n) is 9.30. The molecule has 1 aliphatic carbocycles. The number of nitrogens with one attached hydrogen (secondary N) is 2. The lowest BCUT2D eigenvalue weighted by Crippen LogP contribution is -2.30. The Hall–Kier alpha value is -2.51. The largest absolute Gasteiger partial charge is 0.486 e. The van der Waals surface area contributed by atoms with E-state index in [1.807, 2.05) is 7.05 Å². The number of hydrogen-bond acceptors (Lipinski definition) is 4. The SMILES string of the molecule is CNCc1ccccc1C1CCC(Cc2cc(O[C@@H]3CN[C@H](C(=O)O)C3)c(F)cc2F)CC1. The molecule has 7 heteroatoms. The zero-order valence-corrected chi connectivity index (χ0v) is 18.9. The third kappa shape index (κ3) is 5.71. The van der Waals surface area contributed by atoms with E-state index in [0.29, 0.717) is 30.4 Å². The molecule has 0 radical (unpaired) electrons. The Bertz CT molecular complexity index is 976. The van der Waals surface area contributed by atoms with E-state index < -0.39 is 29.7 Å². The van der Waals surface area contributed by atoms with Crippen molar-refractivity contribution in [1.29, 1.82) is 0 Å². The van der Waals surface area contributed by atoms with Crippen molar-refractivity contribution in [2.45, 2.75) is 63.1 Å². The van der Waals surface area contributed by atoms with Gasteiger partial charge in [-0.2, -0.15) is 0 Å². The van der Waals surface area contributed by atoms with Crippen molar-refractivity contribution < 1.29 is 23.4 Å². The van der Waals surface area contributed by atoms with E-state index >= 15 is 0 Å². The van der Waals surface area contributed by atoms with Crippen LogP contribution in [0.1, 0.15) is 54.7 Å². The number of ether oxygens (including phenoxy) is 1. The molecular weight excluding hydrogens is 426 g/mol. The maximum Gasteiger partial charge on any atom is 0.320 e. The molecule has 0 bridgehead atoms. The van der Waals surface area contributed by atoms with Crippen LogP contribution in [0.2, 0.25) is 0 Å². The second kappa shape index (κ2) is 10.6. The Morgan fingerprint density at radius 2 is 1.88 bits per heavy atom. The number of aliphatic carboxylic acids is 1. The van der Waals surface area contributed by atoms with Gasteiger partial charge in [-0.3, -0.25) is 4.79 Å². The Morgan fingerprint density at radius 1 is 1.12 bits per heavy atom. The zero-order valence-electron chi connectivity index (χ0n) is 18.9. The number of benzene rings is 2. The highest BCUT2D eigenvalue weighted by atomic mass is 19.1. The maximum absolute atomic E-state index is 14.6. The van der Waals surface area contributed by atoms with Gasteiger partial charge in [0.2, 0.25) is 0 Å². The lowest BCUT2D eigenvalue weighted by atomic mass is 9.75. The molecule has 2 atom stereocenters. The van der Waals surface area contributed by atoms with Crippen molar-refractivity contribution in [3.05, 3.63) is 64.7 Å². The molecular formula is C26H32F2N2O3. The highest BCUT2D eigenvalue weighted by Gasteiger charge is 2.31. The Morgan fingerprint density at radius 3 is 2.58 bits per heavy atom. The summed E-state index contributed by atoms with van der Waals surface area (Å²) in [6.07, 6.45) is 4.46. The van der Waals surface area contributed by atoms with Crippen LogP contribution in [0.4, 0.5) is 8.78 Å². The minimum absolute atomic E-state index is 0.00100. The normalized spacial score (nSPS) is 25.2. The molecule has 33 heavy (non-hydrogen) atoms. The molecule has 2 aliphatic rings. The van der Waals surface area contributed by atoms with Crippen molar-refractivity contribution in [3.63, 3.8) is 0 Å². The van der Waals surface area contributed by atoms with Gasteiger partial charge in [-0.1, -0.05) is 24.3 Å². The van der Waals surface area contributed by atoms with Crippen molar-refractivity contribution in [2.75, 3.05) is 13.6 Å². The first-order valence-electron chi connectivity index (χ1n) is 11.8. The summed E-state index contributed by atoms with van der Waals surface area (Å²) in [6.45, 7) is 1.17. The first-order chi connectivity index (χ1) is 15.9. The molecule has 1 aliphatic heterocycles. The van der Waals surface area contributed by atoms with E-state index in [9.17, 15) is 13.6 Å². The summed E-state index contributed by atoms with van der Waals surface area (Å²) in [6, 6.07) is 10.2. The van der Waals surface area contributed by atoms with Crippen molar-refractivity contribution in [1.82, 2.24) is 10.6 Å². The highest BCUT2D eigenvalue weighted by Crippen LogP contribution is 2.39. The van der Waals surface area contributed by atoms with Crippen LogP contribution in [0, 0.1) is 17.6 Å². The molecule has 5 nitrogen and oxygen atoms in total. The quantitative estimate of drug-likeness (QED) is 0.547. The van der Waals surface area contributed by atoms with Crippen LogP contribution in [-0.2, 0) is 17.8 Å². The molecule has 2 fully saturated rings. The number of carboxylic acid groups (broad SMARTS) is 1. The fourth-order valence-corrected chi connectivity index (χ4v) is 5.25. The van der Waals surface area contributed by atoms with Gasteiger partial charge in [-0.05, 0) is 73.7 Å². The van der Waals surface area contributed by atoms with Gasteiger partial charge < -0.3 is 20.5 Å². The average Bonchev–Trinajstić information content (AvgIpc) is 3.27. The summed E-state index contributed by atoms with van der Waals surface area (Å²) in [5, 5.41) is 15.2. The molecule has 4 rings (SSSR count). The minimum Gasteiger partial charge on any atom is -0.486 e. The van der Waals surface area contributed by atoms with Gasteiger partial charge in [0.1, 0.15) is 18.0 Å². The van der Waals surface area contributed by atoms with Gasteiger partial charge >= 0.3 is 5.97 Å². The molecule has 1 saturated carbocycles. The number of carbonyl (C=O) groups is 1. The lowest BCUT2D eigenvalue weighted by molar-refractivity contribution is -0.139. The van der Waals surface area contributed by atoms with Crippen molar-refractivity contribution in [2.24, 2.45) is 5.92 Å². The van der Waals surface area contributed by atoms with Gasteiger partial charge in [-0.25, -0.2) is 8.78 Å². The summed E-state index contributed by atoms with van der Waals surface area (Å²) < 4.78 is 34.6. The minimum atomic E-state index is -0.953. The molecule has 178 valence electrons. The van der Waals surface area contributed by atoms with Gasteiger partial charge in [0, 0.05) is 25.6 Å². The summed E-state index contributed by atoms with van der Waals surface area (Å²) in [5.41, 5.74) is 3.20. The van der Waals surface area contributed by atoms with E-state index in [1.54, 1.807) is 0 Å². The maximum atomic E-state index is 14.6. The molecule has 2 aromatic carbocycles. The Balaban J connectivity index is 1.38. The second-order valence-corrected chi connectivity index (χ2v) is 9.30. The Labute approximate surface area is 193 Å². The van der Waals surface area contributed by atoms with E-state index in [0.717, 1.165) is 38.3 Å². The van der Waals surface area contributed by atoms with E-state index in [4.69, 9.17) is 9.84 Å². The van der Waals surface area contributed by atoms with Crippen LogP contribution in [0.3, 0.4) is 0 Å². The Kier molecular flexibility index (Phi) is 7.60. The van der Waals surface area contributed by atoms with Crippen LogP contribution in [0.5, 0.6) is 5.75 Å². The van der Waals surface area contributed by atoms with Crippen molar-refractivity contribution >= 4 is 5.97 Å². The van der Waals surface area contributed by atoms with Gasteiger partial charge in [0.25, 0.3) is 0 Å². The fourth-order valence-electron chi connectivity index (χ4n) is 5.25. The van der Waals surface area contributed by atoms with E-state index in [1.165, 1.54) is 17.2 Å². The molecule has 1 saturated heterocycles. The molecule has 2 aromatic rings. The molecule has 3 N–H and O–H groups in total. The topological polar surface area (TPSA) is 70.6 Å². The van der Waals surface area contributed by atoms with Gasteiger partial charge in [0.15, 0.2) is 11.6 Å². The molecule has 0 amide bonds. The van der Waals surface area contributed by atoms with Crippen LogP contribution >= 0.6 is 0 Å². The number of halogens is 2. The predicted octanol–water partition coefficient (Wildman–Crippen LogP) is 4.39.